The lowest BCUT2D eigenvalue weighted by Gasteiger charge is -2.23. The van der Waals surface area contributed by atoms with Crippen LogP contribution < -0.4 is 15.0 Å². The summed E-state index contributed by atoms with van der Waals surface area (Å²) in [5, 5.41) is 17.7. The molecule has 0 saturated carbocycles. The Morgan fingerprint density at radius 2 is 1.81 bits per heavy atom. The third-order valence-corrected chi connectivity index (χ3v) is 10.7. The molecule has 266 valence electrons. The van der Waals surface area contributed by atoms with Crippen LogP contribution in [0, 0.1) is 6.92 Å². The smallest absolute Gasteiger partial charge is 0.387 e. The van der Waals surface area contributed by atoms with Gasteiger partial charge in [0.05, 0.1) is 45.9 Å². The molecule has 1 atom stereocenters. The van der Waals surface area contributed by atoms with Gasteiger partial charge in [0.25, 0.3) is 11.5 Å². The van der Waals surface area contributed by atoms with Crippen LogP contribution >= 0.6 is 34.7 Å². The third-order valence-electron chi connectivity index (χ3n) is 8.58. The van der Waals surface area contributed by atoms with Crippen molar-refractivity contribution in [3.63, 3.8) is 0 Å². The number of halogens is 3. The molecule has 1 aliphatic rings. The van der Waals surface area contributed by atoms with Gasteiger partial charge in [0.15, 0.2) is 22.5 Å². The fourth-order valence-electron chi connectivity index (χ4n) is 6.06. The molecule has 0 radical (unpaired) electrons. The highest BCUT2D eigenvalue weighted by atomic mass is 35.5. The van der Waals surface area contributed by atoms with Crippen molar-refractivity contribution in [2.24, 2.45) is 12.1 Å². The third kappa shape index (κ3) is 6.62. The Balaban J connectivity index is 1.26. The van der Waals surface area contributed by atoms with E-state index in [4.69, 9.17) is 21.4 Å². The van der Waals surface area contributed by atoms with Crippen LogP contribution in [0.1, 0.15) is 28.6 Å². The molecule has 1 amide bonds. The lowest BCUT2D eigenvalue weighted by atomic mass is 10.0. The van der Waals surface area contributed by atoms with Gasteiger partial charge in [-0.1, -0.05) is 65.8 Å². The molecule has 16 heteroatoms. The van der Waals surface area contributed by atoms with Gasteiger partial charge < -0.3 is 9.47 Å². The fraction of sp³-hybridized carbons (Fsp3) is 0.194. The van der Waals surface area contributed by atoms with E-state index < -0.39 is 12.7 Å². The maximum Gasteiger partial charge on any atom is 0.387 e. The molecule has 3 aromatic carbocycles. The van der Waals surface area contributed by atoms with Gasteiger partial charge in [-0.15, -0.1) is 21.5 Å². The summed E-state index contributed by atoms with van der Waals surface area (Å²) in [7, 11) is 3.15. The van der Waals surface area contributed by atoms with Crippen molar-refractivity contribution in [3.8, 4) is 34.3 Å². The normalized spacial score (nSPS) is 14.2. The average molecular weight is 762 g/mol. The lowest BCUT2D eigenvalue weighted by molar-refractivity contribution is -0.130. The Labute approximate surface area is 309 Å². The molecular weight excluding hydrogens is 732 g/mol. The summed E-state index contributed by atoms with van der Waals surface area (Å²) in [4.78, 5) is 29.3. The maximum atomic E-state index is 14.2. The predicted octanol–water partition coefficient (Wildman–Crippen LogP) is 7.53. The van der Waals surface area contributed by atoms with E-state index in [2.05, 4.69) is 14.9 Å². The van der Waals surface area contributed by atoms with Crippen molar-refractivity contribution in [1.29, 1.82) is 0 Å². The first-order chi connectivity index (χ1) is 25.2. The van der Waals surface area contributed by atoms with E-state index >= 15 is 0 Å². The summed E-state index contributed by atoms with van der Waals surface area (Å²) < 4.78 is 41.0. The number of rotatable bonds is 11. The van der Waals surface area contributed by atoms with E-state index in [-0.39, 0.29) is 28.7 Å². The zero-order valence-electron chi connectivity index (χ0n) is 27.9. The summed E-state index contributed by atoms with van der Waals surface area (Å²) in [6.45, 7) is -1.20. The summed E-state index contributed by atoms with van der Waals surface area (Å²) >= 11 is 9.23. The van der Waals surface area contributed by atoms with Crippen molar-refractivity contribution in [3.05, 3.63) is 122 Å². The number of amides is 1. The van der Waals surface area contributed by atoms with Crippen molar-refractivity contribution < 1.29 is 23.0 Å². The summed E-state index contributed by atoms with van der Waals surface area (Å²) in [6, 6.07) is 24.2. The van der Waals surface area contributed by atoms with Gasteiger partial charge in [-0.3, -0.25) is 18.8 Å². The molecule has 0 aliphatic carbocycles. The highest BCUT2D eigenvalue weighted by molar-refractivity contribution is 7.99. The van der Waals surface area contributed by atoms with Gasteiger partial charge in [-0.2, -0.15) is 13.9 Å². The van der Waals surface area contributed by atoms with Gasteiger partial charge in [-0.25, -0.2) is 9.69 Å². The van der Waals surface area contributed by atoms with Crippen LogP contribution in [0.25, 0.3) is 22.8 Å². The summed E-state index contributed by atoms with van der Waals surface area (Å²) in [5.74, 6) is -0.163. The Kier molecular flexibility index (Phi) is 9.99. The second-order valence-electron chi connectivity index (χ2n) is 11.6. The van der Waals surface area contributed by atoms with Gasteiger partial charge in [0.1, 0.15) is 5.69 Å². The number of alkyl halides is 2. The monoisotopic (exact) mass is 761 g/mol. The van der Waals surface area contributed by atoms with Crippen LogP contribution in [0.15, 0.2) is 105 Å². The van der Waals surface area contributed by atoms with Crippen LogP contribution in [-0.4, -0.2) is 60.2 Å². The molecule has 4 heterocycles. The molecule has 7 rings (SSSR count). The molecule has 1 aliphatic heterocycles. The number of hydrazone groups is 1. The van der Waals surface area contributed by atoms with Crippen molar-refractivity contribution in [1.82, 2.24) is 29.1 Å². The lowest BCUT2D eigenvalue weighted by Crippen LogP contribution is -2.29. The number of benzene rings is 3. The van der Waals surface area contributed by atoms with Crippen LogP contribution in [0.4, 0.5) is 8.78 Å². The average Bonchev–Trinajstić information content (AvgIpc) is 3.95. The number of thioether (sulfide) groups is 1. The number of hydrogen-bond donors (Lipinski definition) is 0. The molecule has 0 bridgehead atoms. The predicted molar refractivity (Wildman–Crippen MR) is 197 cm³/mol. The molecule has 0 saturated heterocycles. The first kappa shape index (κ1) is 35.2. The summed E-state index contributed by atoms with van der Waals surface area (Å²) in [6.07, 6.45) is 0.379. The topological polar surface area (TPSA) is 109 Å². The van der Waals surface area contributed by atoms with E-state index in [9.17, 15) is 18.4 Å². The highest BCUT2D eigenvalue weighted by Crippen LogP contribution is 2.39. The second-order valence-corrected chi connectivity index (χ2v) is 13.9. The molecule has 3 aromatic heterocycles. The number of carbonyl (C=O) groups excluding carboxylic acids is 1. The van der Waals surface area contributed by atoms with E-state index in [0.29, 0.717) is 56.3 Å². The Bertz CT molecular complexity index is 2340. The molecule has 11 nitrogen and oxygen atoms in total. The van der Waals surface area contributed by atoms with E-state index in [1.807, 2.05) is 60.8 Å². The van der Waals surface area contributed by atoms with Crippen LogP contribution in [0.2, 0.25) is 5.02 Å². The highest BCUT2D eigenvalue weighted by Gasteiger charge is 2.35. The number of hydrogen-bond acceptors (Lipinski definition) is 9. The standard InChI is InChI=1S/C36H30ClF2N7O4S2/c1-21-32(34(48)46(43(21)2)23-10-5-4-6-11-23)44-33(24-12-7-8-13-25(24)37)40-41-36(44)52-20-31(47)45-27(19-26(42-45)30-14-9-17-51-30)22-15-16-28(50-35(38)39)29(18-22)49-3/h4-18,27,35H,19-20H2,1-3H3. The number of nitrogens with zero attached hydrogens (tertiary/aromatic N) is 7. The van der Waals surface area contributed by atoms with E-state index in [0.717, 1.165) is 16.6 Å². The minimum atomic E-state index is -3.03. The van der Waals surface area contributed by atoms with Gasteiger partial charge >= 0.3 is 6.61 Å². The Morgan fingerprint density at radius 1 is 1.04 bits per heavy atom. The Morgan fingerprint density at radius 3 is 2.52 bits per heavy atom. The largest absolute Gasteiger partial charge is 0.493 e. The van der Waals surface area contributed by atoms with Gasteiger partial charge in [-0.05, 0) is 60.3 Å². The van der Waals surface area contributed by atoms with Crippen LogP contribution in [-0.2, 0) is 11.8 Å². The van der Waals surface area contributed by atoms with Crippen LogP contribution in [0.3, 0.4) is 0 Å². The van der Waals surface area contributed by atoms with Crippen molar-refractivity contribution in [2.75, 3.05) is 12.9 Å². The zero-order valence-corrected chi connectivity index (χ0v) is 30.3. The van der Waals surface area contributed by atoms with Gasteiger partial charge in [0, 0.05) is 19.0 Å². The molecule has 0 spiro atoms. The summed E-state index contributed by atoms with van der Waals surface area (Å²) in [5.41, 5.74) is 3.18. The number of ether oxygens (including phenoxy) is 2. The quantitative estimate of drug-likeness (QED) is 0.126. The minimum Gasteiger partial charge on any atom is -0.493 e. The second kappa shape index (κ2) is 14.8. The fourth-order valence-corrected chi connectivity index (χ4v) is 7.79. The van der Waals surface area contributed by atoms with Crippen molar-refractivity contribution >= 4 is 46.3 Å². The van der Waals surface area contributed by atoms with E-state index in [1.165, 1.54) is 29.5 Å². The Hall–Kier alpha value is -5.25. The zero-order chi connectivity index (χ0) is 36.5. The minimum absolute atomic E-state index is 0.101. The van der Waals surface area contributed by atoms with E-state index in [1.54, 1.807) is 51.3 Å². The molecule has 52 heavy (non-hydrogen) atoms. The van der Waals surface area contributed by atoms with Crippen molar-refractivity contribution in [2.45, 2.75) is 31.2 Å². The SMILES string of the molecule is COc1cc(C2CC(c3cccs3)=NN2C(=O)CSc2nnc(-c3ccccc3Cl)n2-c2c(C)n(C)n(-c3ccccc3)c2=O)ccc1OC(F)F. The molecule has 6 aromatic rings. The first-order valence-corrected chi connectivity index (χ1v) is 18.1. The molecule has 0 fully saturated rings. The number of para-hydroxylation sites is 1. The number of aromatic nitrogens is 5. The number of carbonyl (C=O) groups is 1. The first-order valence-electron chi connectivity index (χ1n) is 15.9. The maximum absolute atomic E-state index is 14.2. The molecule has 1 unspecified atom stereocenters. The molecular formula is C36H30ClF2N7O4S2. The van der Waals surface area contributed by atoms with Gasteiger partial charge in [0.2, 0.25) is 0 Å². The molecule has 0 N–H and O–H groups in total. The number of methoxy groups -OCH3 is 1. The van der Waals surface area contributed by atoms with Crippen LogP contribution in [0.5, 0.6) is 11.5 Å². The number of thiophene rings is 1.